The fraction of sp³-hybridized carbons (Fsp3) is 0.939. The van der Waals surface area contributed by atoms with Gasteiger partial charge in [0, 0.05) is 12.8 Å². The number of unbranched alkanes of at least 4 members (excludes halogenated alkanes) is 22. The third kappa shape index (κ3) is 31.1. The molecule has 0 aliphatic heterocycles. The van der Waals surface area contributed by atoms with Gasteiger partial charge in [0.05, 0.1) is 13.2 Å². The van der Waals surface area contributed by atoms with E-state index < -0.39 is 0 Å². The largest absolute Gasteiger partial charge is 0.466 e. The highest BCUT2D eigenvalue weighted by atomic mass is 16.5. The lowest BCUT2D eigenvalue weighted by molar-refractivity contribution is -0.145. The first-order valence-corrected chi connectivity index (χ1v) is 16.5. The van der Waals surface area contributed by atoms with Crippen LogP contribution in [0.4, 0.5) is 0 Å². The van der Waals surface area contributed by atoms with Crippen molar-refractivity contribution in [3.8, 4) is 0 Å². The van der Waals surface area contributed by atoms with Gasteiger partial charge in [-0.15, -0.1) is 0 Å². The van der Waals surface area contributed by atoms with Crippen molar-refractivity contribution in [1.29, 1.82) is 0 Å². The lowest BCUT2D eigenvalue weighted by Crippen LogP contribution is -2.09. The molecule has 0 heterocycles. The number of hydrogen-bond acceptors (Lipinski definition) is 4. The molecule has 4 heteroatoms. The van der Waals surface area contributed by atoms with Gasteiger partial charge in [-0.2, -0.15) is 0 Å². The molecule has 0 spiro atoms. The molecule has 37 heavy (non-hydrogen) atoms. The van der Waals surface area contributed by atoms with Crippen LogP contribution in [-0.4, -0.2) is 25.2 Å². The third-order valence-corrected chi connectivity index (χ3v) is 7.28. The molecule has 0 aromatic heterocycles. The molecule has 0 fully saturated rings. The minimum Gasteiger partial charge on any atom is -0.466 e. The lowest BCUT2D eigenvalue weighted by atomic mass is 10.0. The molecule has 0 rings (SSSR count). The molecular formula is C33H64O4. The van der Waals surface area contributed by atoms with Gasteiger partial charge in [0.15, 0.2) is 0 Å². The van der Waals surface area contributed by atoms with Crippen molar-refractivity contribution in [1.82, 2.24) is 0 Å². The Hall–Kier alpha value is -1.06. The monoisotopic (exact) mass is 524 g/mol. The first kappa shape index (κ1) is 35.9. The molecule has 0 bridgehead atoms. The summed E-state index contributed by atoms with van der Waals surface area (Å²) in [6, 6.07) is 0. The standard InChI is InChI=1S/C33H64O4/c1-3-5-7-9-11-13-15-16-17-18-20-22-24-26-31-37-33(35)29-27-28-32(34)36-30-25-23-21-19-14-12-10-8-6-4-2/h3-31H2,1-2H3. The summed E-state index contributed by atoms with van der Waals surface area (Å²) in [5, 5.41) is 0. The van der Waals surface area contributed by atoms with E-state index >= 15 is 0 Å². The zero-order valence-electron chi connectivity index (χ0n) is 25.1. The van der Waals surface area contributed by atoms with Crippen LogP contribution in [0.5, 0.6) is 0 Å². The fourth-order valence-electron chi connectivity index (χ4n) is 4.78. The van der Waals surface area contributed by atoms with Crippen LogP contribution in [0.1, 0.15) is 187 Å². The SMILES string of the molecule is CCCCCCCCCCCCCCCCOC(=O)CCCC(=O)OCCCCCCCCCCCC. The molecule has 4 nitrogen and oxygen atoms in total. The summed E-state index contributed by atoms with van der Waals surface area (Å²) in [7, 11) is 0. The highest BCUT2D eigenvalue weighted by Gasteiger charge is 2.07. The van der Waals surface area contributed by atoms with Crippen LogP contribution >= 0.6 is 0 Å². The van der Waals surface area contributed by atoms with Crippen LogP contribution in [0, 0.1) is 0 Å². The van der Waals surface area contributed by atoms with E-state index in [4.69, 9.17) is 9.47 Å². The molecule has 0 atom stereocenters. The van der Waals surface area contributed by atoms with E-state index in [-0.39, 0.29) is 11.9 Å². The van der Waals surface area contributed by atoms with Gasteiger partial charge in [0.2, 0.25) is 0 Å². The minimum atomic E-state index is -0.185. The first-order valence-electron chi connectivity index (χ1n) is 16.5. The Bertz CT molecular complexity index is 477. The van der Waals surface area contributed by atoms with Crippen molar-refractivity contribution in [2.75, 3.05) is 13.2 Å². The second-order valence-corrected chi connectivity index (χ2v) is 11.1. The normalized spacial score (nSPS) is 11.1. The third-order valence-electron chi connectivity index (χ3n) is 7.28. The molecule has 0 N–H and O–H groups in total. The van der Waals surface area contributed by atoms with Gasteiger partial charge in [-0.1, -0.05) is 155 Å². The summed E-state index contributed by atoms with van der Waals surface area (Å²) in [6.07, 6.45) is 32.4. The van der Waals surface area contributed by atoms with Crippen LogP contribution in [0.2, 0.25) is 0 Å². The topological polar surface area (TPSA) is 52.6 Å². The zero-order chi connectivity index (χ0) is 27.1. The van der Waals surface area contributed by atoms with Crippen molar-refractivity contribution in [2.45, 2.75) is 187 Å². The Labute approximate surface area is 231 Å². The van der Waals surface area contributed by atoms with Crippen LogP contribution in [0.25, 0.3) is 0 Å². The maximum atomic E-state index is 11.8. The fourth-order valence-corrected chi connectivity index (χ4v) is 4.78. The zero-order valence-corrected chi connectivity index (χ0v) is 25.1. The predicted molar refractivity (Wildman–Crippen MR) is 158 cm³/mol. The van der Waals surface area contributed by atoms with Crippen molar-refractivity contribution < 1.29 is 19.1 Å². The number of hydrogen-bond donors (Lipinski definition) is 0. The molecular weight excluding hydrogens is 460 g/mol. The van der Waals surface area contributed by atoms with E-state index in [0.717, 1.165) is 25.7 Å². The molecule has 0 aliphatic rings. The van der Waals surface area contributed by atoms with Gasteiger partial charge in [0.25, 0.3) is 0 Å². The Balaban J connectivity index is 3.27. The Morgan fingerprint density at radius 1 is 0.351 bits per heavy atom. The molecule has 0 saturated carbocycles. The van der Waals surface area contributed by atoms with E-state index in [0.29, 0.717) is 32.5 Å². The lowest BCUT2D eigenvalue weighted by Gasteiger charge is -2.06. The summed E-state index contributed by atoms with van der Waals surface area (Å²) < 4.78 is 10.6. The summed E-state index contributed by atoms with van der Waals surface area (Å²) in [5.74, 6) is -0.368. The smallest absolute Gasteiger partial charge is 0.305 e. The summed E-state index contributed by atoms with van der Waals surface area (Å²) in [6.45, 7) is 5.55. The molecule has 0 aromatic carbocycles. The van der Waals surface area contributed by atoms with E-state index in [1.807, 2.05) is 0 Å². The molecule has 0 aromatic rings. The van der Waals surface area contributed by atoms with Gasteiger partial charge >= 0.3 is 11.9 Å². The Morgan fingerprint density at radius 3 is 0.865 bits per heavy atom. The van der Waals surface area contributed by atoms with E-state index in [1.165, 1.54) is 128 Å². The Kier molecular flexibility index (Phi) is 30.3. The number of carbonyl (C=O) groups is 2. The maximum absolute atomic E-state index is 11.8. The number of esters is 2. The quantitative estimate of drug-likeness (QED) is 0.0692. The number of ether oxygens (including phenoxy) is 2. The molecule has 0 amide bonds. The van der Waals surface area contributed by atoms with Crippen LogP contribution in [0.3, 0.4) is 0 Å². The molecule has 0 aliphatic carbocycles. The van der Waals surface area contributed by atoms with Crippen molar-refractivity contribution in [3.63, 3.8) is 0 Å². The minimum absolute atomic E-state index is 0.183. The average molecular weight is 525 g/mol. The van der Waals surface area contributed by atoms with E-state index in [9.17, 15) is 9.59 Å². The summed E-state index contributed by atoms with van der Waals surface area (Å²) >= 11 is 0. The van der Waals surface area contributed by atoms with Crippen LogP contribution in [-0.2, 0) is 19.1 Å². The van der Waals surface area contributed by atoms with Gasteiger partial charge < -0.3 is 9.47 Å². The molecule has 220 valence electrons. The van der Waals surface area contributed by atoms with Crippen LogP contribution in [0.15, 0.2) is 0 Å². The van der Waals surface area contributed by atoms with Crippen molar-refractivity contribution in [2.24, 2.45) is 0 Å². The number of rotatable bonds is 30. The molecule has 0 radical (unpaired) electrons. The highest BCUT2D eigenvalue weighted by Crippen LogP contribution is 2.13. The van der Waals surface area contributed by atoms with Gasteiger partial charge in [-0.25, -0.2) is 0 Å². The number of carbonyl (C=O) groups excluding carboxylic acids is 2. The second kappa shape index (κ2) is 31.2. The van der Waals surface area contributed by atoms with Crippen molar-refractivity contribution >= 4 is 11.9 Å². The Morgan fingerprint density at radius 2 is 0.595 bits per heavy atom. The van der Waals surface area contributed by atoms with Gasteiger partial charge in [-0.3, -0.25) is 9.59 Å². The maximum Gasteiger partial charge on any atom is 0.305 e. The summed E-state index contributed by atoms with van der Waals surface area (Å²) in [5.41, 5.74) is 0. The predicted octanol–water partition coefficient (Wildman–Crippen LogP) is 10.6. The van der Waals surface area contributed by atoms with Crippen LogP contribution < -0.4 is 0 Å². The highest BCUT2D eigenvalue weighted by molar-refractivity contribution is 5.72. The van der Waals surface area contributed by atoms with E-state index in [2.05, 4.69) is 13.8 Å². The summed E-state index contributed by atoms with van der Waals surface area (Å²) in [4.78, 5) is 23.7. The van der Waals surface area contributed by atoms with E-state index in [1.54, 1.807) is 0 Å². The molecule has 0 saturated heterocycles. The molecule has 0 unspecified atom stereocenters. The van der Waals surface area contributed by atoms with Gasteiger partial charge in [-0.05, 0) is 19.3 Å². The second-order valence-electron chi connectivity index (χ2n) is 11.1. The first-order chi connectivity index (χ1) is 18.2. The van der Waals surface area contributed by atoms with Crippen molar-refractivity contribution in [3.05, 3.63) is 0 Å². The average Bonchev–Trinajstić information content (AvgIpc) is 2.89. The van der Waals surface area contributed by atoms with Gasteiger partial charge in [0.1, 0.15) is 0 Å².